The van der Waals surface area contributed by atoms with Gasteiger partial charge >= 0.3 is 0 Å². The van der Waals surface area contributed by atoms with Gasteiger partial charge in [-0.3, -0.25) is 20.0 Å². The lowest BCUT2D eigenvalue weighted by Crippen LogP contribution is -2.35. The lowest BCUT2D eigenvalue weighted by Gasteiger charge is -2.07. The summed E-state index contributed by atoms with van der Waals surface area (Å²) in [7, 11) is -3.92. The number of nitro groups is 1. The maximum atomic E-state index is 12.1. The van der Waals surface area contributed by atoms with Crippen molar-refractivity contribution in [2.75, 3.05) is 13.1 Å². The van der Waals surface area contributed by atoms with Crippen LogP contribution in [0.3, 0.4) is 0 Å². The molecule has 2 rings (SSSR count). The van der Waals surface area contributed by atoms with Gasteiger partial charge in [-0.15, -0.1) is 0 Å². The molecule has 0 spiro atoms. The van der Waals surface area contributed by atoms with Crippen LogP contribution in [0, 0.1) is 17.0 Å². The van der Waals surface area contributed by atoms with Crippen LogP contribution in [0.2, 0.25) is 0 Å². The number of hydrogen-bond donors (Lipinski definition) is 3. The summed E-state index contributed by atoms with van der Waals surface area (Å²) < 4.78 is 27.0. The van der Waals surface area contributed by atoms with Crippen molar-refractivity contribution in [2.24, 2.45) is 0 Å². The molecule has 0 aliphatic carbocycles. The Morgan fingerprint density at radius 1 is 1.40 bits per heavy atom. The van der Waals surface area contributed by atoms with E-state index >= 15 is 0 Å². The number of benzene rings is 1. The first-order valence-electron chi connectivity index (χ1n) is 6.95. The highest BCUT2D eigenvalue weighted by Gasteiger charge is 2.18. The van der Waals surface area contributed by atoms with Crippen molar-refractivity contribution in [3.8, 4) is 0 Å². The van der Waals surface area contributed by atoms with E-state index in [-0.39, 0.29) is 29.4 Å². The van der Waals surface area contributed by atoms with Crippen molar-refractivity contribution in [3.63, 3.8) is 0 Å². The minimum absolute atomic E-state index is 0.0192. The molecular formula is C13H14BrN5O5S. The lowest BCUT2D eigenvalue weighted by molar-refractivity contribution is -0.385. The Labute approximate surface area is 151 Å². The van der Waals surface area contributed by atoms with Crippen molar-refractivity contribution in [1.29, 1.82) is 0 Å². The molecule has 1 aromatic heterocycles. The smallest absolute Gasteiger partial charge is 0.273 e. The highest BCUT2D eigenvalue weighted by atomic mass is 79.9. The molecule has 3 N–H and O–H groups in total. The average Bonchev–Trinajstić information content (AvgIpc) is 2.91. The van der Waals surface area contributed by atoms with Gasteiger partial charge in [0.25, 0.3) is 11.6 Å². The molecule has 1 heterocycles. The number of H-pyrrole nitrogens is 1. The van der Waals surface area contributed by atoms with E-state index in [1.165, 1.54) is 18.2 Å². The highest BCUT2D eigenvalue weighted by Crippen LogP contribution is 2.18. The van der Waals surface area contributed by atoms with Gasteiger partial charge in [0.15, 0.2) is 5.69 Å². The topological polar surface area (TPSA) is 147 Å². The van der Waals surface area contributed by atoms with E-state index in [2.05, 4.69) is 36.2 Å². The third-order valence-electron chi connectivity index (χ3n) is 3.13. The molecule has 0 atom stereocenters. The van der Waals surface area contributed by atoms with Crippen LogP contribution in [0.4, 0.5) is 5.69 Å². The van der Waals surface area contributed by atoms with Crippen LogP contribution in [0.15, 0.2) is 33.6 Å². The predicted octanol–water partition coefficient (Wildman–Crippen LogP) is 1.10. The van der Waals surface area contributed by atoms with Crippen LogP contribution in [-0.2, 0) is 10.0 Å². The number of aromatic amines is 1. The number of aryl methyl sites for hydroxylation is 1. The lowest BCUT2D eigenvalue weighted by atomic mass is 10.3. The van der Waals surface area contributed by atoms with Crippen molar-refractivity contribution < 1.29 is 18.1 Å². The summed E-state index contributed by atoms with van der Waals surface area (Å²) in [5.41, 5.74) is 0.533. The molecule has 0 aliphatic heterocycles. The third-order valence-corrected chi connectivity index (χ3v) is 5.56. The number of aromatic nitrogens is 2. The van der Waals surface area contributed by atoms with Gasteiger partial charge < -0.3 is 5.32 Å². The minimum atomic E-state index is -3.92. The highest BCUT2D eigenvalue weighted by molar-refractivity contribution is 9.10. The van der Waals surface area contributed by atoms with Crippen molar-refractivity contribution in [2.45, 2.75) is 11.8 Å². The second kappa shape index (κ2) is 7.72. The zero-order valence-corrected chi connectivity index (χ0v) is 15.3. The number of sulfonamides is 1. The largest absolute Gasteiger partial charge is 0.349 e. The van der Waals surface area contributed by atoms with E-state index in [0.717, 1.165) is 6.07 Å². The van der Waals surface area contributed by atoms with Gasteiger partial charge in [0.2, 0.25) is 10.0 Å². The summed E-state index contributed by atoms with van der Waals surface area (Å²) in [5.74, 6) is -0.467. The summed E-state index contributed by atoms with van der Waals surface area (Å²) in [6.07, 6.45) is 0. The first-order chi connectivity index (χ1) is 11.7. The molecule has 2 aromatic rings. The normalized spacial score (nSPS) is 11.3. The van der Waals surface area contributed by atoms with Crippen LogP contribution in [0.25, 0.3) is 0 Å². The number of carbonyl (C=O) groups is 1. The van der Waals surface area contributed by atoms with Gasteiger partial charge in [-0.05, 0) is 28.9 Å². The molecule has 10 nitrogen and oxygen atoms in total. The molecule has 0 aliphatic rings. The molecule has 1 amide bonds. The Hall–Kier alpha value is -2.31. The summed E-state index contributed by atoms with van der Waals surface area (Å²) in [5, 5.41) is 19.7. The minimum Gasteiger partial charge on any atom is -0.349 e. The fourth-order valence-electron chi connectivity index (χ4n) is 1.86. The standard InChI is InChI=1S/C13H14BrN5O5S/c1-8-11(14)12(18-17-8)13(20)15-5-6-16-25(23,24)10-4-2-3-9(7-10)19(21)22/h2-4,7,16H,5-6H2,1H3,(H,15,20)(H,17,18). The first-order valence-corrected chi connectivity index (χ1v) is 9.23. The Balaban J connectivity index is 1.92. The predicted molar refractivity (Wildman–Crippen MR) is 91.6 cm³/mol. The first kappa shape index (κ1) is 19.0. The van der Waals surface area contributed by atoms with E-state index in [1.807, 2.05) is 0 Å². The molecule has 0 bridgehead atoms. The van der Waals surface area contributed by atoms with Crippen LogP contribution < -0.4 is 10.0 Å². The van der Waals surface area contributed by atoms with Gasteiger partial charge in [0.05, 0.1) is 14.3 Å². The van der Waals surface area contributed by atoms with Crippen LogP contribution in [0.1, 0.15) is 16.2 Å². The number of carbonyl (C=O) groups excluding carboxylic acids is 1. The van der Waals surface area contributed by atoms with E-state index in [1.54, 1.807) is 6.92 Å². The van der Waals surface area contributed by atoms with Gasteiger partial charge in [-0.25, -0.2) is 13.1 Å². The Bertz CT molecular complexity index is 911. The molecule has 0 saturated carbocycles. The summed E-state index contributed by atoms with van der Waals surface area (Å²) in [4.78, 5) is 21.7. The second-order valence-electron chi connectivity index (χ2n) is 4.92. The van der Waals surface area contributed by atoms with E-state index in [0.29, 0.717) is 10.2 Å². The van der Waals surface area contributed by atoms with Crippen molar-refractivity contribution in [1.82, 2.24) is 20.2 Å². The van der Waals surface area contributed by atoms with Gasteiger partial charge in [0.1, 0.15) is 0 Å². The number of non-ortho nitro benzene ring substituents is 1. The van der Waals surface area contributed by atoms with Crippen LogP contribution in [-0.4, -0.2) is 42.5 Å². The van der Waals surface area contributed by atoms with E-state index < -0.39 is 20.9 Å². The zero-order chi connectivity index (χ0) is 18.6. The maximum Gasteiger partial charge on any atom is 0.273 e. The van der Waals surface area contributed by atoms with Gasteiger partial charge in [0, 0.05) is 30.9 Å². The average molecular weight is 432 g/mol. The van der Waals surface area contributed by atoms with Crippen molar-refractivity contribution >= 4 is 37.5 Å². The molecular weight excluding hydrogens is 418 g/mol. The van der Waals surface area contributed by atoms with Gasteiger partial charge in [-0.1, -0.05) is 6.07 Å². The number of nitrogens with one attached hydrogen (secondary N) is 3. The number of hydrogen-bond acceptors (Lipinski definition) is 6. The molecule has 25 heavy (non-hydrogen) atoms. The number of nitrogens with zero attached hydrogens (tertiary/aromatic N) is 2. The number of nitro benzene ring substituents is 1. The Morgan fingerprint density at radius 2 is 2.12 bits per heavy atom. The monoisotopic (exact) mass is 431 g/mol. The number of rotatable bonds is 7. The Morgan fingerprint density at radius 3 is 2.72 bits per heavy atom. The summed E-state index contributed by atoms with van der Waals surface area (Å²) in [6, 6.07) is 4.69. The SMILES string of the molecule is Cc1[nH]nc(C(=O)NCCNS(=O)(=O)c2cccc([N+](=O)[O-])c2)c1Br. The van der Waals surface area contributed by atoms with Gasteiger partial charge in [-0.2, -0.15) is 5.10 Å². The zero-order valence-electron chi connectivity index (χ0n) is 12.9. The van der Waals surface area contributed by atoms with Crippen molar-refractivity contribution in [3.05, 3.63) is 50.2 Å². The molecule has 134 valence electrons. The molecule has 0 radical (unpaired) electrons. The second-order valence-corrected chi connectivity index (χ2v) is 7.48. The van der Waals surface area contributed by atoms with Crippen LogP contribution >= 0.6 is 15.9 Å². The molecule has 12 heteroatoms. The van der Waals surface area contributed by atoms with Crippen LogP contribution in [0.5, 0.6) is 0 Å². The molecule has 0 unspecified atom stereocenters. The molecule has 0 fully saturated rings. The number of amides is 1. The fourth-order valence-corrected chi connectivity index (χ4v) is 3.29. The summed E-state index contributed by atoms with van der Waals surface area (Å²) >= 11 is 3.22. The third kappa shape index (κ3) is 4.61. The molecule has 0 saturated heterocycles. The fraction of sp³-hybridized carbons (Fsp3) is 0.231. The quantitative estimate of drug-likeness (QED) is 0.339. The van der Waals surface area contributed by atoms with E-state index in [9.17, 15) is 23.3 Å². The van der Waals surface area contributed by atoms with E-state index in [4.69, 9.17) is 0 Å². The number of halogens is 1. The molecule has 1 aromatic carbocycles. The summed E-state index contributed by atoms with van der Waals surface area (Å²) in [6.45, 7) is 1.67. The Kier molecular flexibility index (Phi) is 5.87. The maximum absolute atomic E-state index is 12.1.